The molecule has 2 nitrogen and oxygen atoms in total. The molecule has 0 aliphatic carbocycles. The quantitative estimate of drug-likeness (QED) is 0.420. The van der Waals surface area contributed by atoms with Crippen LogP contribution in [0, 0.1) is 6.54 Å². The van der Waals surface area contributed by atoms with E-state index in [1.165, 1.54) is 0 Å². The van der Waals surface area contributed by atoms with Crippen molar-refractivity contribution in [2.75, 3.05) is 20.1 Å². The smallest absolute Gasteiger partial charge is 0.454 e. The molecule has 0 aromatic heterocycles. The molecule has 1 heterocycles. The van der Waals surface area contributed by atoms with Crippen molar-refractivity contribution < 1.29 is 58.2 Å². The third-order valence-electron chi connectivity index (χ3n) is 1.66. The summed E-state index contributed by atoms with van der Waals surface area (Å²) in [5, 5.41) is 3.27. The maximum atomic E-state index is 3.27. The van der Waals surface area contributed by atoms with Crippen molar-refractivity contribution in [3.05, 3.63) is 6.54 Å². The molecule has 1 saturated heterocycles. The first-order valence-corrected chi connectivity index (χ1v) is 3.06. The molecule has 1 atom stereocenters. The molecular weight excluding hydrogens is 186 g/mol. The van der Waals surface area contributed by atoms with Gasteiger partial charge < -0.3 is 10.2 Å². The van der Waals surface area contributed by atoms with Crippen molar-refractivity contribution in [3.8, 4) is 0 Å². The predicted molar refractivity (Wildman–Crippen MR) is 34.4 cm³/mol. The molecule has 0 amide bonds. The third kappa shape index (κ3) is 3.58. The maximum Gasteiger partial charge on any atom is 1.00 e. The maximum absolute atomic E-state index is 3.27. The number of hydrogen-bond donors (Lipinski definition) is 1. The molecule has 0 bridgehead atoms. The van der Waals surface area contributed by atoms with Crippen LogP contribution in [0.1, 0.15) is 6.92 Å². The zero-order valence-corrected chi connectivity index (χ0v) is 11.4. The predicted octanol–water partition coefficient (Wildman–Crippen LogP) is -2.92. The molecule has 1 fully saturated rings. The van der Waals surface area contributed by atoms with E-state index in [1.54, 1.807) is 0 Å². The standard InChI is InChI=1S/C6H13N2.Rb/c1-6-5-7-3-4-8(6)2;/h4,6-7H,3,5H2,1-2H3;/q-1;+1. The molecule has 1 rings (SSSR count). The van der Waals surface area contributed by atoms with Gasteiger partial charge in [-0.1, -0.05) is 6.92 Å². The number of likely N-dealkylation sites (N-methyl/N-ethyl adjacent to an activating group) is 1. The number of nitrogens with zero attached hydrogens (tertiary/aromatic N) is 1. The third-order valence-corrected chi connectivity index (χ3v) is 1.66. The molecule has 48 valence electrons. The van der Waals surface area contributed by atoms with E-state index in [9.17, 15) is 0 Å². The van der Waals surface area contributed by atoms with Gasteiger partial charge in [0.25, 0.3) is 0 Å². The summed E-state index contributed by atoms with van der Waals surface area (Å²) in [6, 6.07) is 0.670. The van der Waals surface area contributed by atoms with Gasteiger partial charge in [-0.3, -0.25) is 6.54 Å². The first-order valence-electron chi connectivity index (χ1n) is 3.06. The fourth-order valence-corrected chi connectivity index (χ4v) is 0.825. The van der Waals surface area contributed by atoms with Gasteiger partial charge in [-0.05, 0) is 13.1 Å². The largest absolute Gasteiger partial charge is 1.00 e. The molecule has 3 heteroatoms. The Balaban J connectivity index is 0.000000640. The van der Waals surface area contributed by atoms with Crippen molar-refractivity contribution in [1.82, 2.24) is 10.2 Å². The Hall–Kier alpha value is 1.73. The minimum atomic E-state index is 0. The van der Waals surface area contributed by atoms with Gasteiger partial charge in [-0.2, -0.15) is 0 Å². The van der Waals surface area contributed by atoms with Crippen LogP contribution in [0.25, 0.3) is 0 Å². The molecule has 1 N–H and O–H groups in total. The van der Waals surface area contributed by atoms with Crippen molar-refractivity contribution in [1.29, 1.82) is 0 Å². The van der Waals surface area contributed by atoms with Crippen molar-refractivity contribution in [2.45, 2.75) is 13.0 Å². The fraction of sp³-hybridized carbons (Fsp3) is 0.833. The Morgan fingerprint density at radius 2 is 2.33 bits per heavy atom. The summed E-state index contributed by atoms with van der Waals surface area (Å²) >= 11 is 0. The van der Waals surface area contributed by atoms with Crippen LogP contribution in [0.5, 0.6) is 0 Å². The summed E-state index contributed by atoms with van der Waals surface area (Å²) in [6.07, 6.45) is 0. The van der Waals surface area contributed by atoms with E-state index in [0.29, 0.717) is 6.04 Å². The second-order valence-corrected chi connectivity index (χ2v) is 2.36. The van der Waals surface area contributed by atoms with Crippen LogP contribution < -0.4 is 63.5 Å². The van der Waals surface area contributed by atoms with Crippen LogP contribution in [0.15, 0.2) is 0 Å². The summed E-state index contributed by atoms with van der Waals surface area (Å²) in [5.41, 5.74) is 0. The van der Waals surface area contributed by atoms with E-state index >= 15 is 0 Å². The van der Waals surface area contributed by atoms with Crippen LogP contribution in [-0.4, -0.2) is 31.1 Å². The van der Waals surface area contributed by atoms with E-state index in [2.05, 4.69) is 30.7 Å². The van der Waals surface area contributed by atoms with Crippen molar-refractivity contribution in [2.24, 2.45) is 0 Å². The molecule has 9 heavy (non-hydrogen) atoms. The number of piperazine rings is 1. The van der Waals surface area contributed by atoms with E-state index in [1.807, 2.05) is 0 Å². The Bertz CT molecular complexity index is 67.5. The summed E-state index contributed by atoms with van der Waals surface area (Å²) in [6.45, 7) is 6.53. The molecule has 0 saturated carbocycles. The van der Waals surface area contributed by atoms with Gasteiger partial charge in [0.2, 0.25) is 0 Å². The molecular formula is C6H13N2Rb. The zero-order chi connectivity index (χ0) is 5.98. The average Bonchev–Trinajstić information content (AvgIpc) is 1.77. The van der Waals surface area contributed by atoms with Crippen molar-refractivity contribution in [3.63, 3.8) is 0 Å². The molecule has 0 radical (unpaired) electrons. The summed E-state index contributed by atoms with van der Waals surface area (Å²) in [5.74, 6) is 0. The Morgan fingerprint density at radius 1 is 1.67 bits per heavy atom. The summed E-state index contributed by atoms with van der Waals surface area (Å²) < 4.78 is 0. The molecule has 0 spiro atoms. The Morgan fingerprint density at radius 3 is 2.67 bits per heavy atom. The number of nitrogens with one attached hydrogen (secondary N) is 1. The van der Waals surface area contributed by atoms with Crippen LogP contribution >= 0.6 is 0 Å². The van der Waals surface area contributed by atoms with Gasteiger partial charge in [0, 0.05) is 6.54 Å². The summed E-state index contributed by atoms with van der Waals surface area (Å²) in [7, 11) is 2.12. The molecule has 0 aromatic rings. The Kier molecular flexibility index (Phi) is 6.42. The van der Waals surface area contributed by atoms with Gasteiger partial charge in [0.05, 0.1) is 0 Å². The van der Waals surface area contributed by atoms with Crippen molar-refractivity contribution >= 4 is 0 Å². The second-order valence-electron chi connectivity index (χ2n) is 2.36. The number of hydrogen-bond acceptors (Lipinski definition) is 2. The van der Waals surface area contributed by atoms with E-state index < -0.39 is 0 Å². The van der Waals surface area contributed by atoms with Crippen LogP contribution in [0.4, 0.5) is 0 Å². The molecule has 1 aliphatic rings. The molecule has 0 aromatic carbocycles. The van der Waals surface area contributed by atoms with E-state index in [0.717, 1.165) is 13.1 Å². The second kappa shape index (κ2) is 5.39. The van der Waals surface area contributed by atoms with E-state index in [4.69, 9.17) is 0 Å². The summed E-state index contributed by atoms with van der Waals surface area (Å²) in [4.78, 5) is 2.25. The van der Waals surface area contributed by atoms with Gasteiger partial charge in [-0.25, -0.2) is 0 Å². The Labute approximate surface area is 106 Å². The molecule has 1 aliphatic heterocycles. The first kappa shape index (κ1) is 10.7. The minimum absolute atomic E-state index is 0. The van der Waals surface area contributed by atoms with Crippen LogP contribution in [0.2, 0.25) is 0 Å². The SMILES string of the molecule is CC1CNC[CH-]N1C.[Rb+]. The van der Waals surface area contributed by atoms with Gasteiger partial charge >= 0.3 is 58.2 Å². The zero-order valence-electron chi connectivity index (χ0n) is 6.52. The fourth-order valence-electron chi connectivity index (χ4n) is 0.825. The molecule has 1 unspecified atom stereocenters. The van der Waals surface area contributed by atoms with E-state index in [-0.39, 0.29) is 58.2 Å². The first-order chi connectivity index (χ1) is 3.80. The minimum Gasteiger partial charge on any atom is -0.454 e. The topological polar surface area (TPSA) is 15.3 Å². The average molecular weight is 199 g/mol. The number of rotatable bonds is 0. The normalized spacial score (nSPS) is 29.3. The van der Waals surface area contributed by atoms with Gasteiger partial charge in [0.15, 0.2) is 0 Å². The van der Waals surface area contributed by atoms with Crippen LogP contribution in [0.3, 0.4) is 0 Å². The van der Waals surface area contributed by atoms with Gasteiger partial charge in [-0.15, -0.1) is 6.54 Å². The van der Waals surface area contributed by atoms with Crippen LogP contribution in [-0.2, 0) is 0 Å². The van der Waals surface area contributed by atoms with Gasteiger partial charge in [0.1, 0.15) is 0 Å². The monoisotopic (exact) mass is 198 g/mol.